The van der Waals surface area contributed by atoms with Crippen LogP contribution in [0.1, 0.15) is 0 Å². The van der Waals surface area contributed by atoms with Crippen molar-refractivity contribution in [1.82, 2.24) is 0 Å². The monoisotopic (exact) mass is 254 g/mol. The van der Waals surface area contributed by atoms with E-state index in [1.165, 1.54) is 6.07 Å². The molecule has 0 saturated heterocycles. The highest BCUT2D eigenvalue weighted by Gasteiger charge is 2.11. The van der Waals surface area contributed by atoms with Crippen molar-refractivity contribution in [2.24, 2.45) is 0 Å². The molecule has 4 heteroatoms. The molecule has 0 amide bonds. The molecule has 0 aliphatic heterocycles. The van der Waals surface area contributed by atoms with E-state index in [1.807, 2.05) is 30.3 Å². The molecule has 0 fully saturated rings. The van der Waals surface area contributed by atoms with Crippen LogP contribution in [0.25, 0.3) is 22.1 Å². The van der Waals surface area contributed by atoms with E-state index in [2.05, 4.69) is 0 Å². The molecule has 0 atom stereocenters. The molecule has 19 heavy (non-hydrogen) atoms. The van der Waals surface area contributed by atoms with E-state index in [-0.39, 0.29) is 16.9 Å². The lowest BCUT2D eigenvalue weighted by molar-refractivity contribution is 0.452. The maximum atomic E-state index is 11.9. The number of benzene rings is 2. The average Bonchev–Trinajstić information content (AvgIpc) is 2.38. The molecular weight excluding hydrogens is 244 g/mol. The van der Waals surface area contributed by atoms with Crippen LogP contribution < -0.4 is 5.63 Å². The van der Waals surface area contributed by atoms with E-state index in [1.54, 1.807) is 6.07 Å². The Hall–Kier alpha value is -2.75. The minimum Gasteiger partial charge on any atom is -0.508 e. The second kappa shape index (κ2) is 4.17. The Kier molecular flexibility index (Phi) is 2.49. The van der Waals surface area contributed by atoms with Crippen molar-refractivity contribution in [3.63, 3.8) is 0 Å². The summed E-state index contributed by atoms with van der Waals surface area (Å²) >= 11 is 0. The summed E-state index contributed by atoms with van der Waals surface area (Å²) in [7, 11) is 0. The van der Waals surface area contributed by atoms with Gasteiger partial charge in [-0.2, -0.15) is 0 Å². The molecule has 0 spiro atoms. The second-order valence-corrected chi connectivity index (χ2v) is 4.19. The van der Waals surface area contributed by atoms with E-state index in [0.29, 0.717) is 11.1 Å². The molecule has 1 aromatic heterocycles. The van der Waals surface area contributed by atoms with Crippen molar-refractivity contribution in [3.05, 3.63) is 59.0 Å². The van der Waals surface area contributed by atoms with Crippen molar-refractivity contribution >= 4 is 10.8 Å². The zero-order valence-electron chi connectivity index (χ0n) is 9.83. The number of aromatic hydroxyl groups is 2. The van der Waals surface area contributed by atoms with Gasteiger partial charge in [0.15, 0.2) is 0 Å². The maximum absolute atomic E-state index is 11.9. The first-order valence-corrected chi connectivity index (χ1v) is 5.70. The number of hydrogen-bond acceptors (Lipinski definition) is 4. The molecule has 2 aromatic carbocycles. The molecule has 4 nitrogen and oxygen atoms in total. The summed E-state index contributed by atoms with van der Waals surface area (Å²) in [6.45, 7) is 0. The first kappa shape index (κ1) is 11.3. The SMILES string of the molecule is O=c1oc(-c2ccccc2)cc2cc(O)cc(O)c12. The van der Waals surface area contributed by atoms with Crippen molar-refractivity contribution in [2.45, 2.75) is 0 Å². The molecule has 0 saturated carbocycles. The van der Waals surface area contributed by atoms with Gasteiger partial charge in [-0.25, -0.2) is 4.79 Å². The van der Waals surface area contributed by atoms with Gasteiger partial charge >= 0.3 is 5.63 Å². The highest BCUT2D eigenvalue weighted by molar-refractivity contribution is 5.90. The van der Waals surface area contributed by atoms with Gasteiger partial charge in [-0.1, -0.05) is 30.3 Å². The van der Waals surface area contributed by atoms with Crippen LogP contribution in [0.3, 0.4) is 0 Å². The van der Waals surface area contributed by atoms with Crippen molar-refractivity contribution in [3.8, 4) is 22.8 Å². The number of hydrogen-bond donors (Lipinski definition) is 2. The summed E-state index contributed by atoms with van der Waals surface area (Å²) in [5.74, 6) is 0.000994. The minimum atomic E-state index is -0.631. The molecule has 0 bridgehead atoms. The van der Waals surface area contributed by atoms with E-state index in [4.69, 9.17) is 4.42 Å². The van der Waals surface area contributed by atoms with Crippen molar-refractivity contribution in [2.75, 3.05) is 0 Å². The van der Waals surface area contributed by atoms with Crippen LogP contribution in [0.5, 0.6) is 11.5 Å². The van der Waals surface area contributed by atoms with Crippen LogP contribution in [0.2, 0.25) is 0 Å². The van der Waals surface area contributed by atoms with E-state index < -0.39 is 5.63 Å². The second-order valence-electron chi connectivity index (χ2n) is 4.19. The highest BCUT2D eigenvalue weighted by atomic mass is 16.4. The number of phenols is 2. The molecule has 3 aromatic rings. The zero-order valence-corrected chi connectivity index (χ0v) is 9.83. The Morgan fingerprint density at radius 2 is 1.68 bits per heavy atom. The predicted molar refractivity (Wildman–Crippen MR) is 71.2 cm³/mol. The lowest BCUT2D eigenvalue weighted by atomic mass is 10.1. The van der Waals surface area contributed by atoms with Gasteiger partial charge < -0.3 is 14.6 Å². The Morgan fingerprint density at radius 3 is 2.42 bits per heavy atom. The first-order valence-electron chi connectivity index (χ1n) is 5.70. The van der Waals surface area contributed by atoms with Gasteiger partial charge in [0, 0.05) is 17.0 Å². The molecule has 3 rings (SSSR count). The summed E-state index contributed by atoms with van der Waals surface area (Å²) < 4.78 is 5.20. The standard InChI is InChI=1S/C15H10O4/c16-11-6-10-7-13(9-4-2-1-3-5-9)19-15(18)14(10)12(17)8-11/h1-8,16-17H. The molecule has 0 aliphatic rings. The van der Waals surface area contributed by atoms with Gasteiger partial charge in [0.1, 0.15) is 22.6 Å². The summed E-state index contributed by atoms with van der Waals surface area (Å²) in [4.78, 5) is 11.9. The van der Waals surface area contributed by atoms with Crippen LogP contribution in [0.15, 0.2) is 57.7 Å². The van der Waals surface area contributed by atoms with E-state index in [9.17, 15) is 15.0 Å². The lowest BCUT2D eigenvalue weighted by Gasteiger charge is -2.04. The largest absolute Gasteiger partial charge is 0.508 e. The molecule has 2 N–H and O–H groups in total. The Morgan fingerprint density at radius 1 is 0.947 bits per heavy atom. The first-order chi connectivity index (χ1) is 9.15. The number of rotatable bonds is 1. The number of fused-ring (bicyclic) bond motifs is 1. The van der Waals surface area contributed by atoms with Crippen LogP contribution in [0.4, 0.5) is 0 Å². The molecule has 94 valence electrons. The van der Waals surface area contributed by atoms with Gasteiger partial charge in [0.2, 0.25) is 0 Å². The normalized spacial score (nSPS) is 10.7. The van der Waals surface area contributed by atoms with Crippen LogP contribution in [0, 0.1) is 0 Å². The summed E-state index contributed by atoms with van der Waals surface area (Å²) in [5.41, 5.74) is 0.123. The quantitative estimate of drug-likeness (QED) is 0.700. The van der Waals surface area contributed by atoms with Gasteiger partial charge in [-0.3, -0.25) is 0 Å². The fourth-order valence-electron chi connectivity index (χ4n) is 2.04. The molecule has 1 heterocycles. The minimum absolute atomic E-state index is 0.0671. The molecule has 0 radical (unpaired) electrons. The molecule has 0 unspecified atom stereocenters. The topological polar surface area (TPSA) is 70.7 Å². The van der Waals surface area contributed by atoms with E-state index >= 15 is 0 Å². The third-order valence-electron chi connectivity index (χ3n) is 2.88. The van der Waals surface area contributed by atoms with E-state index in [0.717, 1.165) is 11.6 Å². The van der Waals surface area contributed by atoms with Gasteiger partial charge in [-0.15, -0.1) is 0 Å². The van der Waals surface area contributed by atoms with Gasteiger partial charge in [-0.05, 0) is 12.1 Å². The summed E-state index contributed by atoms with van der Waals surface area (Å²) in [6.07, 6.45) is 0. The van der Waals surface area contributed by atoms with Crippen molar-refractivity contribution in [1.29, 1.82) is 0 Å². The predicted octanol–water partition coefficient (Wildman–Crippen LogP) is 2.87. The smallest absolute Gasteiger partial charge is 0.347 e. The summed E-state index contributed by atoms with van der Waals surface area (Å²) in [5, 5.41) is 19.6. The third-order valence-corrected chi connectivity index (χ3v) is 2.88. The maximum Gasteiger partial charge on any atom is 0.347 e. The van der Waals surface area contributed by atoms with Gasteiger partial charge in [0.25, 0.3) is 0 Å². The Labute approximate surface area is 108 Å². The van der Waals surface area contributed by atoms with Crippen LogP contribution >= 0.6 is 0 Å². The third kappa shape index (κ3) is 1.93. The molecular formula is C15H10O4. The average molecular weight is 254 g/mol. The number of phenolic OH excluding ortho intramolecular Hbond substituents is 2. The van der Waals surface area contributed by atoms with Gasteiger partial charge in [0.05, 0.1) is 0 Å². The Balaban J connectivity index is 2.34. The fourth-order valence-corrected chi connectivity index (χ4v) is 2.04. The van der Waals surface area contributed by atoms with Crippen LogP contribution in [-0.2, 0) is 0 Å². The molecule has 0 aliphatic carbocycles. The highest BCUT2D eigenvalue weighted by Crippen LogP contribution is 2.30. The lowest BCUT2D eigenvalue weighted by Crippen LogP contribution is -2.00. The fraction of sp³-hybridized carbons (Fsp3) is 0. The Bertz CT molecular complexity index is 803. The summed E-state index contributed by atoms with van der Waals surface area (Å²) in [6, 6.07) is 13.3. The van der Waals surface area contributed by atoms with Crippen molar-refractivity contribution < 1.29 is 14.6 Å². The van der Waals surface area contributed by atoms with Crippen LogP contribution in [-0.4, -0.2) is 10.2 Å². The zero-order chi connectivity index (χ0) is 13.4.